The minimum atomic E-state index is -0.727. The van der Waals surface area contributed by atoms with Crippen molar-refractivity contribution >= 4 is 16.9 Å². The molecule has 0 aliphatic heterocycles. The van der Waals surface area contributed by atoms with E-state index in [0.717, 1.165) is 31.4 Å². The monoisotopic (exact) mass is 318 g/mol. The number of alkyl carbamates (subject to hydrolysis) is 1. The van der Waals surface area contributed by atoms with Crippen molar-refractivity contribution in [3.8, 4) is 0 Å². The Morgan fingerprint density at radius 1 is 1.33 bits per heavy atom. The summed E-state index contributed by atoms with van der Waals surface area (Å²) in [5.74, 6) is 0.737. The smallest absolute Gasteiger partial charge is 0.407 e. The molecule has 0 spiro atoms. The van der Waals surface area contributed by atoms with E-state index < -0.39 is 16.4 Å². The highest BCUT2D eigenvalue weighted by molar-refractivity contribution is 7.84. The van der Waals surface area contributed by atoms with Crippen LogP contribution in [-0.4, -0.2) is 46.0 Å². The third-order valence-electron chi connectivity index (χ3n) is 3.51. The quantitative estimate of drug-likeness (QED) is 0.788. The highest BCUT2D eigenvalue weighted by atomic mass is 32.2. The molecule has 0 radical (unpaired) electrons. The molecule has 1 amide bonds. The summed E-state index contributed by atoms with van der Waals surface area (Å²) in [6.45, 7) is 7.72. The molecule has 1 fully saturated rings. The Balaban J connectivity index is 2.26. The molecule has 2 N–H and O–H groups in total. The van der Waals surface area contributed by atoms with Gasteiger partial charge in [-0.05, 0) is 53.4 Å². The molecule has 0 saturated heterocycles. The standard InChI is InChI=1S/C15H30N2O3S/c1-11(8-9-21(5)19)16-12-6-7-13(10-12)17-14(18)20-15(2,3)4/h11-13,16H,6-10H2,1-5H3,(H,17,18). The third kappa shape index (κ3) is 8.41. The second kappa shape index (κ2) is 8.13. The molecule has 5 nitrogen and oxygen atoms in total. The largest absolute Gasteiger partial charge is 0.444 e. The van der Waals surface area contributed by atoms with Crippen LogP contribution >= 0.6 is 0 Å². The molecule has 1 aliphatic rings. The van der Waals surface area contributed by atoms with E-state index in [2.05, 4.69) is 17.6 Å². The van der Waals surface area contributed by atoms with E-state index >= 15 is 0 Å². The van der Waals surface area contributed by atoms with Gasteiger partial charge in [-0.15, -0.1) is 0 Å². The molecular formula is C15H30N2O3S. The molecule has 0 aromatic heterocycles. The van der Waals surface area contributed by atoms with Crippen molar-refractivity contribution in [2.45, 2.75) is 77.1 Å². The first-order valence-electron chi connectivity index (χ1n) is 7.71. The highest BCUT2D eigenvalue weighted by Gasteiger charge is 2.28. The number of carbonyl (C=O) groups is 1. The van der Waals surface area contributed by atoms with Gasteiger partial charge in [0.25, 0.3) is 0 Å². The fraction of sp³-hybridized carbons (Fsp3) is 0.933. The summed E-state index contributed by atoms with van der Waals surface area (Å²) in [5, 5.41) is 6.50. The Bertz CT molecular complexity index is 368. The third-order valence-corrected chi connectivity index (χ3v) is 4.32. The summed E-state index contributed by atoms with van der Waals surface area (Å²) in [4.78, 5) is 11.7. The molecule has 6 heteroatoms. The van der Waals surface area contributed by atoms with Gasteiger partial charge in [0.05, 0.1) is 0 Å². The van der Waals surface area contributed by atoms with Gasteiger partial charge in [-0.1, -0.05) is 0 Å². The van der Waals surface area contributed by atoms with Gasteiger partial charge >= 0.3 is 6.09 Å². The van der Waals surface area contributed by atoms with Crippen molar-refractivity contribution in [1.82, 2.24) is 10.6 Å². The van der Waals surface area contributed by atoms with Crippen LogP contribution in [0.25, 0.3) is 0 Å². The lowest BCUT2D eigenvalue weighted by Gasteiger charge is -2.22. The molecule has 0 bridgehead atoms. The predicted octanol–water partition coefficient (Wildman–Crippen LogP) is 2.18. The molecule has 124 valence electrons. The van der Waals surface area contributed by atoms with E-state index in [4.69, 9.17) is 4.74 Å². The van der Waals surface area contributed by atoms with Gasteiger partial charge in [-0.2, -0.15) is 0 Å². The molecule has 4 atom stereocenters. The van der Waals surface area contributed by atoms with E-state index in [0.29, 0.717) is 12.1 Å². The molecule has 21 heavy (non-hydrogen) atoms. The second-order valence-corrected chi connectivity index (χ2v) is 8.54. The van der Waals surface area contributed by atoms with E-state index in [9.17, 15) is 9.00 Å². The fourth-order valence-electron chi connectivity index (χ4n) is 2.57. The van der Waals surface area contributed by atoms with Crippen molar-refractivity contribution in [2.24, 2.45) is 0 Å². The minimum Gasteiger partial charge on any atom is -0.444 e. The number of rotatable bonds is 6. The minimum absolute atomic E-state index is 0.185. The molecule has 4 unspecified atom stereocenters. The Morgan fingerprint density at radius 2 is 1.95 bits per heavy atom. The Labute approximate surface area is 131 Å². The lowest BCUT2D eigenvalue weighted by atomic mass is 10.2. The van der Waals surface area contributed by atoms with Crippen LogP contribution in [0, 0.1) is 0 Å². The molecular weight excluding hydrogens is 288 g/mol. The average molecular weight is 318 g/mol. The summed E-state index contributed by atoms with van der Waals surface area (Å²) in [7, 11) is -0.727. The maximum absolute atomic E-state index is 11.7. The lowest BCUT2D eigenvalue weighted by Crippen LogP contribution is -2.40. The van der Waals surface area contributed by atoms with Crippen LogP contribution in [0.1, 0.15) is 53.4 Å². The maximum atomic E-state index is 11.7. The first-order valence-corrected chi connectivity index (χ1v) is 9.44. The van der Waals surface area contributed by atoms with Gasteiger partial charge in [0.1, 0.15) is 5.60 Å². The number of hydrogen-bond donors (Lipinski definition) is 2. The number of amides is 1. The Hall–Kier alpha value is -0.620. The SMILES string of the molecule is CC(CCS(C)=O)NC1CCC(NC(=O)OC(C)(C)C)C1. The van der Waals surface area contributed by atoms with Crippen molar-refractivity contribution in [3.05, 3.63) is 0 Å². The number of hydrogen-bond acceptors (Lipinski definition) is 4. The normalized spacial score (nSPS) is 25.4. The molecule has 1 aliphatic carbocycles. The van der Waals surface area contributed by atoms with Crippen LogP contribution in [0.5, 0.6) is 0 Å². The van der Waals surface area contributed by atoms with E-state index in [1.165, 1.54) is 0 Å². The van der Waals surface area contributed by atoms with Crippen LogP contribution in [0.4, 0.5) is 4.79 Å². The molecule has 0 aromatic rings. The van der Waals surface area contributed by atoms with Gasteiger partial charge in [0.2, 0.25) is 0 Å². The zero-order valence-corrected chi connectivity index (χ0v) is 14.7. The average Bonchev–Trinajstić information content (AvgIpc) is 2.71. The predicted molar refractivity (Wildman–Crippen MR) is 86.9 cm³/mol. The molecule has 0 heterocycles. The van der Waals surface area contributed by atoms with Crippen LogP contribution in [0.3, 0.4) is 0 Å². The van der Waals surface area contributed by atoms with Crippen LogP contribution < -0.4 is 10.6 Å². The number of nitrogens with one attached hydrogen (secondary N) is 2. The van der Waals surface area contributed by atoms with Crippen LogP contribution in [-0.2, 0) is 15.5 Å². The number of carbonyl (C=O) groups excluding carboxylic acids is 1. The highest BCUT2D eigenvalue weighted by Crippen LogP contribution is 2.20. The van der Waals surface area contributed by atoms with Crippen LogP contribution in [0.2, 0.25) is 0 Å². The lowest BCUT2D eigenvalue weighted by molar-refractivity contribution is 0.0505. The van der Waals surface area contributed by atoms with Gasteiger partial charge in [0.15, 0.2) is 0 Å². The van der Waals surface area contributed by atoms with Crippen molar-refractivity contribution in [3.63, 3.8) is 0 Å². The van der Waals surface area contributed by atoms with Crippen molar-refractivity contribution in [2.75, 3.05) is 12.0 Å². The molecule has 1 saturated carbocycles. The molecule has 1 rings (SSSR count). The fourth-order valence-corrected chi connectivity index (χ4v) is 3.25. The summed E-state index contributed by atoms with van der Waals surface area (Å²) < 4.78 is 16.4. The topological polar surface area (TPSA) is 67.4 Å². The van der Waals surface area contributed by atoms with Crippen molar-refractivity contribution < 1.29 is 13.7 Å². The van der Waals surface area contributed by atoms with E-state index in [-0.39, 0.29) is 12.1 Å². The zero-order chi connectivity index (χ0) is 16.0. The summed E-state index contributed by atoms with van der Waals surface area (Å²) in [6.07, 6.45) is 5.29. The first kappa shape index (κ1) is 18.4. The first-order chi connectivity index (χ1) is 9.65. The summed E-state index contributed by atoms with van der Waals surface area (Å²) in [6, 6.07) is 0.967. The van der Waals surface area contributed by atoms with E-state index in [1.807, 2.05) is 20.8 Å². The van der Waals surface area contributed by atoms with E-state index in [1.54, 1.807) is 6.26 Å². The summed E-state index contributed by atoms with van der Waals surface area (Å²) >= 11 is 0. The van der Waals surface area contributed by atoms with Gasteiger partial charge in [-0.25, -0.2) is 4.79 Å². The second-order valence-electron chi connectivity index (χ2n) is 6.99. The van der Waals surface area contributed by atoms with Crippen LogP contribution in [0.15, 0.2) is 0 Å². The van der Waals surface area contributed by atoms with Gasteiger partial charge in [0, 0.05) is 40.9 Å². The number of ether oxygens (including phenoxy) is 1. The Morgan fingerprint density at radius 3 is 2.52 bits per heavy atom. The zero-order valence-electron chi connectivity index (χ0n) is 13.9. The summed E-state index contributed by atoms with van der Waals surface area (Å²) in [5.41, 5.74) is -0.454. The molecule has 0 aromatic carbocycles. The Kier molecular flexibility index (Phi) is 7.13. The van der Waals surface area contributed by atoms with Gasteiger partial charge < -0.3 is 15.4 Å². The maximum Gasteiger partial charge on any atom is 0.407 e. The van der Waals surface area contributed by atoms with Crippen molar-refractivity contribution in [1.29, 1.82) is 0 Å². The van der Waals surface area contributed by atoms with Gasteiger partial charge in [-0.3, -0.25) is 4.21 Å².